The van der Waals surface area contributed by atoms with Crippen LogP contribution in [0.4, 0.5) is 4.39 Å². The summed E-state index contributed by atoms with van der Waals surface area (Å²) >= 11 is 0. The van der Waals surface area contributed by atoms with E-state index >= 15 is 0 Å². The highest BCUT2D eigenvalue weighted by molar-refractivity contribution is 7.89. The zero-order valence-electron chi connectivity index (χ0n) is 14.6. The lowest BCUT2D eigenvalue weighted by Crippen LogP contribution is -2.30. The molecule has 3 aromatic rings. The molecule has 0 radical (unpaired) electrons. The summed E-state index contributed by atoms with van der Waals surface area (Å²) in [4.78, 5) is 0.0772. The molecule has 1 N–H and O–H groups in total. The first-order chi connectivity index (χ1) is 12.4. The zero-order chi connectivity index (χ0) is 18.7. The van der Waals surface area contributed by atoms with E-state index in [1.54, 1.807) is 6.92 Å². The van der Waals surface area contributed by atoms with E-state index in [-0.39, 0.29) is 4.90 Å². The van der Waals surface area contributed by atoms with E-state index in [1.807, 2.05) is 61.5 Å². The van der Waals surface area contributed by atoms with Gasteiger partial charge >= 0.3 is 0 Å². The van der Waals surface area contributed by atoms with Gasteiger partial charge in [0, 0.05) is 0 Å². The molecular formula is C21H20FNO2S. The standard InChI is InChI=1S/C21H20FNO2S/c1-15-8-6-7-11-19(15)21(17-9-4-3-5-10-17)23-26(24,25)20-13-12-18(22)14-16(20)2/h3-14,21,23H,1-2H3/t21-/m0/s1. The maximum Gasteiger partial charge on any atom is 0.241 e. The molecule has 0 spiro atoms. The van der Waals surface area contributed by atoms with Crippen molar-refractivity contribution < 1.29 is 12.8 Å². The summed E-state index contributed by atoms with van der Waals surface area (Å²) in [5.74, 6) is -0.458. The van der Waals surface area contributed by atoms with Gasteiger partial charge in [0.15, 0.2) is 0 Å². The van der Waals surface area contributed by atoms with Gasteiger partial charge in [-0.15, -0.1) is 0 Å². The largest absolute Gasteiger partial charge is 0.241 e. The van der Waals surface area contributed by atoms with E-state index in [2.05, 4.69) is 4.72 Å². The Morgan fingerprint density at radius 2 is 1.50 bits per heavy atom. The van der Waals surface area contributed by atoms with Crippen LogP contribution in [0.25, 0.3) is 0 Å². The van der Waals surface area contributed by atoms with Gasteiger partial charge < -0.3 is 0 Å². The number of nitrogens with one attached hydrogen (secondary N) is 1. The molecule has 3 rings (SSSR count). The third kappa shape index (κ3) is 3.84. The molecule has 0 aliphatic carbocycles. The van der Waals surface area contributed by atoms with Crippen LogP contribution < -0.4 is 4.72 Å². The average molecular weight is 369 g/mol. The van der Waals surface area contributed by atoms with Gasteiger partial charge in [0.25, 0.3) is 0 Å². The molecule has 26 heavy (non-hydrogen) atoms. The molecule has 3 aromatic carbocycles. The van der Waals surface area contributed by atoms with Gasteiger partial charge in [0.05, 0.1) is 10.9 Å². The van der Waals surface area contributed by atoms with Crippen LogP contribution in [-0.2, 0) is 10.0 Å². The van der Waals surface area contributed by atoms with Gasteiger partial charge in [-0.2, -0.15) is 4.72 Å². The van der Waals surface area contributed by atoms with Crippen LogP contribution in [0, 0.1) is 19.7 Å². The second kappa shape index (κ2) is 7.40. The van der Waals surface area contributed by atoms with E-state index in [0.717, 1.165) is 22.8 Å². The van der Waals surface area contributed by atoms with Gasteiger partial charge in [0.1, 0.15) is 5.82 Å². The average Bonchev–Trinajstić information content (AvgIpc) is 2.61. The van der Waals surface area contributed by atoms with Crippen molar-refractivity contribution >= 4 is 10.0 Å². The fraction of sp³-hybridized carbons (Fsp3) is 0.143. The highest BCUT2D eigenvalue weighted by Crippen LogP contribution is 2.27. The van der Waals surface area contributed by atoms with Crippen molar-refractivity contribution in [2.24, 2.45) is 0 Å². The highest BCUT2D eigenvalue weighted by atomic mass is 32.2. The normalized spacial score (nSPS) is 12.7. The highest BCUT2D eigenvalue weighted by Gasteiger charge is 2.25. The van der Waals surface area contributed by atoms with Crippen molar-refractivity contribution in [2.75, 3.05) is 0 Å². The summed E-state index contributed by atoms with van der Waals surface area (Å²) in [6.07, 6.45) is 0. The Hall–Kier alpha value is -2.50. The molecule has 0 aliphatic rings. The molecule has 0 saturated heterocycles. The fourth-order valence-electron chi connectivity index (χ4n) is 3.00. The Labute approximate surface area is 153 Å². The van der Waals surface area contributed by atoms with Gasteiger partial charge in [-0.3, -0.25) is 0 Å². The van der Waals surface area contributed by atoms with Crippen LogP contribution in [0.3, 0.4) is 0 Å². The molecule has 0 heterocycles. The molecule has 5 heteroatoms. The minimum Gasteiger partial charge on any atom is -0.207 e. The van der Waals surface area contributed by atoms with E-state index < -0.39 is 21.9 Å². The van der Waals surface area contributed by atoms with Crippen LogP contribution in [0.1, 0.15) is 28.3 Å². The molecule has 0 fully saturated rings. The van der Waals surface area contributed by atoms with Gasteiger partial charge in [-0.05, 0) is 54.3 Å². The van der Waals surface area contributed by atoms with E-state index in [0.29, 0.717) is 5.56 Å². The van der Waals surface area contributed by atoms with Crippen molar-refractivity contribution in [1.29, 1.82) is 0 Å². The third-order valence-corrected chi connectivity index (χ3v) is 5.91. The number of halogens is 1. The van der Waals surface area contributed by atoms with E-state index in [1.165, 1.54) is 12.1 Å². The number of benzene rings is 3. The number of hydrogen-bond donors (Lipinski definition) is 1. The maximum atomic E-state index is 13.4. The summed E-state index contributed by atoms with van der Waals surface area (Å²) in [6, 6.07) is 20.2. The molecule has 134 valence electrons. The molecule has 0 amide bonds. The predicted octanol–water partition coefficient (Wildman–Crippen LogP) is 4.51. The van der Waals surface area contributed by atoms with Crippen molar-refractivity contribution in [3.63, 3.8) is 0 Å². The number of aryl methyl sites for hydroxylation is 2. The molecule has 0 unspecified atom stereocenters. The Bertz CT molecular complexity index is 1020. The number of rotatable bonds is 5. The molecule has 0 aliphatic heterocycles. The zero-order valence-corrected chi connectivity index (χ0v) is 15.4. The maximum absolute atomic E-state index is 13.4. The van der Waals surface area contributed by atoms with Crippen molar-refractivity contribution in [3.05, 3.63) is 101 Å². The first kappa shape index (κ1) is 18.3. The van der Waals surface area contributed by atoms with Crippen molar-refractivity contribution in [2.45, 2.75) is 24.8 Å². The Morgan fingerprint density at radius 1 is 0.846 bits per heavy atom. The smallest absolute Gasteiger partial charge is 0.207 e. The van der Waals surface area contributed by atoms with E-state index in [4.69, 9.17) is 0 Å². The minimum atomic E-state index is -3.84. The van der Waals surface area contributed by atoms with Crippen LogP contribution >= 0.6 is 0 Å². The topological polar surface area (TPSA) is 46.2 Å². The molecule has 1 atom stereocenters. The fourth-order valence-corrected chi connectivity index (χ4v) is 4.43. The molecule has 3 nitrogen and oxygen atoms in total. The van der Waals surface area contributed by atoms with Crippen LogP contribution in [0.5, 0.6) is 0 Å². The molecular weight excluding hydrogens is 349 g/mol. The Morgan fingerprint density at radius 3 is 2.15 bits per heavy atom. The van der Waals surface area contributed by atoms with Crippen LogP contribution in [0.15, 0.2) is 77.7 Å². The van der Waals surface area contributed by atoms with Gasteiger partial charge in [0.2, 0.25) is 10.0 Å². The molecule has 0 bridgehead atoms. The summed E-state index contributed by atoms with van der Waals surface area (Å²) in [5, 5.41) is 0. The molecule has 0 aromatic heterocycles. The molecule has 0 saturated carbocycles. The van der Waals surface area contributed by atoms with Crippen molar-refractivity contribution in [3.8, 4) is 0 Å². The monoisotopic (exact) mass is 369 g/mol. The lowest BCUT2D eigenvalue weighted by Gasteiger charge is -2.22. The summed E-state index contributed by atoms with van der Waals surface area (Å²) in [7, 11) is -3.84. The Kier molecular flexibility index (Phi) is 5.20. The number of hydrogen-bond acceptors (Lipinski definition) is 2. The summed E-state index contributed by atoms with van der Waals surface area (Å²) in [5.41, 5.74) is 3.07. The number of sulfonamides is 1. The SMILES string of the molecule is Cc1ccccc1[C@@H](NS(=O)(=O)c1ccc(F)cc1C)c1ccccc1. The summed E-state index contributed by atoms with van der Waals surface area (Å²) < 4.78 is 42.2. The van der Waals surface area contributed by atoms with Gasteiger partial charge in [-0.25, -0.2) is 12.8 Å². The van der Waals surface area contributed by atoms with Gasteiger partial charge in [-0.1, -0.05) is 54.6 Å². The Balaban J connectivity index is 2.07. The van der Waals surface area contributed by atoms with E-state index in [9.17, 15) is 12.8 Å². The quantitative estimate of drug-likeness (QED) is 0.719. The summed E-state index contributed by atoms with van der Waals surface area (Å²) in [6.45, 7) is 3.53. The first-order valence-electron chi connectivity index (χ1n) is 8.27. The van der Waals surface area contributed by atoms with Crippen molar-refractivity contribution in [1.82, 2.24) is 4.72 Å². The third-order valence-electron chi connectivity index (χ3n) is 4.33. The second-order valence-electron chi connectivity index (χ2n) is 6.23. The lowest BCUT2D eigenvalue weighted by atomic mass is 9.96. The second-order valence-corrected chi connectivity index (χ2v) is 7.91. The first-order valence-corrected chi connectivity index (χ1v) is 9.76. The minimum absolute atomic E-state index is 0.0772. The van der Waals surface area contributed by atoms with Crippen LogP contribution in [-0.4, -0.2) is 8.42 Å². The lowest BCUT2D eigenvalue weighted by molar-refractivity contribution is 0.570. The van der Waals surface area contributed by atoms with Crippen LogP contribution in [0.2, 0.25) is 0 Å². The predicted molar refractivity (Wildman–Crippen MR) is 101 cm³/mol.